The number of carbonyl (C=O) groups excluding carboxylic acids is 2. The van der Waals surface area contributed by atoms with Gasteiger partial charge in [-0.25, -0.2) is 9.78 Å². The van der Waals surface area contributed by atoms with Crippen molar-refractivity contribution < 1.29 is 19.5 Å². The summed E-state index contributed by atoms with van der Waals surface area (Å²) in [6, 6.07) is -1.94. The highest BCUT2D eigenvalue weighted by atomic mass is 32.2. The molecule has 2 unspecified atom stereocenters. The largest absolute Gasteiger partial charge is 0.480 e. The summed E-state index contributed by atoms with van der Waals surface area (Å²) in [5.41, 5.74) is 5.85. The third kappa shape index (κ3) is 4.67. The zero-order valence-corrected chi connectivity index (χ0v) is 11.9. The number of nitrogens with one attached hydrogen (secondary N) is 2. The van der Waals surface area contributed by atoms with Crippen molar-refractivity contribution >= 4 is 28.8 Å². The Labute approximate surface area is 119 Å². The molecular formula is C11H16N4O4S. The molecule has 1 heterocycles. The first-order chi connectivity index (χ1) is 9.31. The minimum atomic E-state index is -1.19. The summed E-state index contributed by atoms with van der Waals surface area (Å²) in [6.45, 7) is 2.84. The number of aliphatic carboxylic acids is 1. The summed E-state index contributed by atoms with van der Waals surface area (Å²) >= 11 is 0.899. The normalized spacial score (nSPS) is 13.6. The molecule has 0 bridgehead atoms. The van der Waals surface area contributed by atoms with Crippen LogP contribution in [0.5, 0.6) is 0 Å². The highest BCUT2D eigenvalue weighted by molar-refractivity contribution is 8.13. The lowest BCUT2D eigenvalue weighted by atomic mass is 10.1. The second kappa shape index (κ2) is 7.06. The average molecular weight is 300 g/mol. The van der Waals surface area contributed by atoms with E-state index in [9.17, 15) is 14.4 Å². The van der Waals surface area contributed by atoms with Crippen molar-refractivity contribution in [1.82, 2.24) is 15.3 Å². The molecule has 0 aliphatic heterocycles. The van der Waals surface area contributed by atoms with Crippen LogP contribution < -0.4 is 11.1 Å². The number of nitrogens with zero attached hydrogens (tertiary/aromatic N) is 1. The second-order valence-electron chi connectivity index (χ2n) is 4.17. The number of hydrogen-bond acceptors (Lipinski definition) is 6. The third-order valence-electron chi connectivity index (χ3n) is 2.36. The highest BCUT2D eigenvalue weighted by Gasteiger charge is 2.24. The smallest absolute Gasteiger partial charge is 0.326 e. The van der Waals surface area contributed by atoms with Gasteiger partial charge >= 0.3 is 5.97 Å². The maximum Gasteiger partial charge on any atom is 0.326 e. The Morgan fingerprint density at radius 1 is 1.55 bits per heavy atom. The molecule has 0 aliphatic carbocycles. The molecule has 8 nitrogen and oxygen atoms in total. The summed E-state index contributed by atoms with van der Waals surface area (Å²) in [7, 11) is 0. The Hall–Kier alpha value is -1.87. The van der Waals surface area contributed by atoms with E-state index in [2.05, 4.69) is 15.3 Å². The molecular weight excluding hydrogens is 284 g/mol. The molecule has 110 valence electrons. The van der Waals surface area contributed by atoms with Crippen molar-refractivity contribution in [3.05, 3.63) is 12.0 Å². The number of aromatic nitrogens is 2. The molecule has 0 aromatic carbocycles. The van der Waals surface area contributed by atoms with E-state index in [4.69, 9.17) is 10.8 Å². The number of imidazole rings is 1. The topological polar surface area (TPSA) is 138 Å². The van der Waals surface area contributed by atoms with Crippen LogP contribution in [0.15, 0.2) is 11.4 Å². The summed E-state index contributed by atoms with van der Waals surface area (Å²) in [5.74, 6) is -1.75. The standard InChI is InChI=1S/C11H16N4O4S/c1-5(12)9(17)15-8(11(18)19)3-7-10(14-4-13-7)20-6(2)16/h4-5,8H,3,12H2,1-2H3,(H,13,14)(H,15,17)(H,18,19). The predicted molar refractivity (Wildman–Crippen MR) is 72.0 cm³/mol. The SMILES string of the molecule is CC(=O)Sc1nc[nH]c1CC(NC(=O)C(C)N)C(=O)O. The van der Waals surface area contributed by atoms with Crippen LogP contribution in [-0.4, -0.2) is 44.1 Å². The molecule has 0 radical (unpaired) electrons. The molecule has 5 N–H and O–H groups in total. The summed E-state index contributed by atoms with van der Waals surface area (Å²) in [6.07, 6.45) is 1.36. The maximum absolute atomic E-state index is 11.5. The third-order valence-corrected chi connectivity index (χ3v) is 3.19. The van der Waals surface area contributed by atoms with E-state index >= 15 is 0 Å². The van der Waals surface area contributed by atoms with Crippen molar-refractivity contribution in [2.24, 2.45) is 5.73 Å². The molecule has 1 rings (SSSR count). The van der Waals surface area contributed by atoms with E-state index in [1.54, 1.807) is 0 Å². The number of hydrogen-bond donors (Lipinski definition) is 4. The molecule has 2 atom stereocenters. The average Bonchev–Trinajstić information content (AvgIpc) is 2.74. The lowest BCUT2D eigenvalue weighted by Crippen LogP contribution is -2.48. The fraction of sp³-hybridized carbons (Fsp3) is 0.455. The number of H-pyrrole nitrogens is 1. The van der Waals surface area contributed by atoms with Crippen molar-refractivity contribution in [3.8, 4) is 0 Å². The number of carboxylic acid groups (broad SMARTS) is 1. The van der Waals surface area contributed by atoms with Crippen molar-refractivity contribution in [2.75, 3.05) is 0 Å². The van der Waals surface area contributed by atoms with Crippen LogP contribution in [-0.2, 0) is 20.8 Å². The molecule has 0 fully saturated rings. The Balaban J connectivity index is 2.81. The van der Waals surface area contributed by atoms with E-state index in [1.807, 2.05) is 0 Å². The van der Waals surface area contributed by atoms with Gasteiger partial charge in [-0.2, -0.15) is 0 Å². The van der Waals surface area contributed by atoms with Gasteiger partial charge in [0.05, 0.1) is 18.1 Å². The molecule has 9 heteroatoms. The fourth-order valence-electron chi connectivity index (χ4n) is 1.39. The van der Waals surface area contributed by atoms with Crippen LogP contribution in [0.4, 0.5) is 0 Å². The predicted octanol–water partition coefficient (Wildman–Crippen LogP) is -0.493. The molecule has 20 heavy (non-hydrogen) atoms. The Bertz CT molecular complexity index is 514. The van der Waals surface area contributed by atoms with Crippen LogP contribution in [0.3, 0.4) is 0 Å². The Morgan fingerprint density at radius 3 is 2.70 bits per heavy atom. The van der Waals surface area contributed by atoms with Gasteiger partial charge in [0.2, 0.25) is 5.91 Å². The van der Waals surface area contributed by atoms with Crippen molar-refractivity contribution in [1.29, 1.82) is 0 Å². The molecule has 0 spiro atoms. The molecule has 0 saturated heterocycles. The van der Waals surface area contributed by atoms with Gasteiger partial charge in [0, 0.05) is 13.3 Å². The van der Waals surface area contributed by atoms with Crippen LogP contribution in [0, 0.1) is 0 Å². The number of rotatable bonds is 6. The monoisotopic (exact) mass is 300 g/mol. The number of nitrogens with two attached hydrogens (primary N) is 1. The van der Waals surface area contributed by atoms with E-state index in [0.717, 1.165) is 11.8 Å². The Morgan fingerprint density at radius 2 is 2.20 bits per heavy atom. The quantitative estimate of drug-likeness (QED) is 0.520. The number of amides is 1. The van der Waals surface area contributed by atoms with E-state index < -0.39 is 24.0 Å². The molecule has 0 saturated carbocycles. The zero-order valence-electron chi connectivity index (χ0n) is 11.0. The summed E-state index contributed by atoms with van der Waals surface area (Å²) in [4.78, 5) is 40.4. The van der Waals surface area contributed by atoms with Gasteiger partial charge in [0.1, 0.15) is 11.1 Å². The highest BCUT2D eigenvalue weighted by Crippen LogP contribution is 2.20. The summed E-state index contributed by atoms with van der Waals surface area (Å²) < 4.78 is 0. The lowest BCUT2D eigenvalue weighted by Gasteiger charge is -2.15. The second-order valence-corrected chi connectivity index (χ2v) is 5.34. The van der Waals surface area contributed by atoms with E-state index in [0.29, 0.717) is 10.7 Å². The lowest BCUT2D eigenvalue weighted by molar-refractivity contribution is -0.141. The number of thioether (sulfide) groups is 1. The van der Waals surface area contributed by atoms with E-state index in [1.165, 1.54) is 20.2 Å². The first-order valence-corrected chi connectivity index (χ1v) is 6.62. The fourth-order valence-corrected chi connectivity index (χ4v) is 2.03. The number of carbonyl (C=O) groups is 3. The minimum absolute atomic E-state index is 0.0105. The van der Waals surface area contributed by atoms with Gasteiger partial charge in [-0.15, -0.1) is 0 Å². The zero-order chi connectivity index (χ0) is 15.3. The molecule has 1 aromatic heterocycles. The van der Waals surface area contributed by atoms with Crippen molar-refractivity contribution in [3.63, 3.8) is 0 Å². The molecule has 1 amide bonds. The van der Waals surface area contributed by atoms with Crippen LogP contribution in [0.2, 0.25) is 0 Å². The first-order valence-electron chi connectivity index (χ1n) is 5.80. The van der Waals surface area contributed by atoms with Gasteiger partial charge in [-0.1, -0.05) is 0 Å². The van der Waals surface area contributed by atoms with Gasteiger partial charge < -0.3 is 21.1 Å². The number of carboxylic acids is 1. The summed E-state index contributed by atoms with van der Waals surface area (Å²) in [5, 5.41) is 11.7. The van der Waals surface area contributed by atoms with Gasteiger partial charge in [-0.3, -0.25) is 9.59 Å². The van der Waals surface area contributed by atoms with Crippen LogP contribution in [0.25, 0.3) is 0 Å². The van der Waals surface area contributed by atoms with Gasteiger partial charge in [0.15, 0.2) is 5.12 Å². The number of aromatic amines is 1. The van der Waals surface area contributed by atoms with Crippen molar-refractivity contribution in [2.45, 2.75) is 37.4 Å². The van der Waals surface area contributed by atoms with Gasteiger partial charge in [0.25, 0.3) is 0 Å². The first kappa shape index (κ1) is 16.2. The van der Waals surface area contributed by atoms with Crippen LogP contribution >= 0.6 is 11.8 Å². The maximum atomic E-state index is 11.5. The van der Waals surface area contributed by atoms with Crippen LogP contribution in [0.1, 0.15) is 19.5 Å². The van der Waals surface area contributed by atoms with Gasteiger partial charge in [-0.05, 0) is 18.7 Å². The Kier molecular flexibility index (Phi) is 5.71. The molecule has 0 aliphatic rings. The molecule has 1 aromatic rings. The minimum Gasteiger partial charge on any atom is -0.480 e. The van der Waals surface area contributed by atoms with E-state index in [-0.39, 0.29) is 11.5 Å².